The summed E-state index contributed by atoms with van der Waals surface area (Å²) in [6.07, 6.45) is 4.20. The first-order valence-corrected chi connectivity index (χ1v) is 5.37. The summed E-state index contributed by atoms with van der Waals surface area (Å²) >= 11 is 5.83. The second-order valence-corrected chi connectivity index (χ2v) is 4.07. The molecule has 5 heteroatoms. The van der Waals surface area contributed by atoms with Gasteiger partial charge in [-0.15, -0.1) is 0 Å². The van der Waals surface area contributed by atoms with E-state index in [9.17, 15) is 4.79 Å². The largest absolute Gasteiger partial charge is 1.00 e. The van der Waals surface area contributed by atoms with E-state index in [1.54, 1.807) is 12.4 Å². The van der Waals surface area contributed by atoms with E-state index in [0.717, 1.165) is 12.0 Å². The Bertz CT molecular complexity index is 391. The van der Waals surface area contributed by atoms with Crippen molar-refractivity contribution in [3.8, 4) is 0 Å². The molecule has 0 unspecified atom stereocenters. The van der Waals surface area contributed by atoms with Gasteiger partial charge in [0, 0.05) is 12.4 Å². The second kappa shape index (κ2) is 6.01. The third kappa shape index (κ3) is 3.20. The number of nitrogens with zero attached hydrogens (tertiary/aromatic N) is 1. The van der Waals surface area contributed by atoms with Gasteiger partial charge in [0.2, 0.25) is 0 Å². The van der Waals surface area contributed by atoms with E-state index >= 15 is 0 Å². The minimum atomic E-state index is -0.109. The molecule has 1 saturated carbocycles. The molecule has 1 fully saturated rings. The smallest absolute Gasteiger partial charge is 1.00 e. The molecule has 0 amide bonds. The van der Waals surface area contributed by atoms with E-state index in [2.05, 4.69) is 4.98 Å². The SMILES string of the molecule is CCOC(=O)[C@H]1C[C@@H]1c1cncc(Cl)c1.[H-].[Na+]. The first-order chi connectivity index (χ1) is 7.22. The molecule has 0 saturated heterocycles. The summed E-state index contributed by atoms with van der Waals surface area (Å²) in [5, 5.41) is 0.613. The summed E-state index contributed by atoms with van der Waals surface area (Å²) < 4.78 is 4.96. The predicted octanol–water partition coefficient (Wildman–Crippen LogP) is -0.482. The van der Waals surface area contributed by atoms with Gasteiger partial charge in [-0.05, 0) is 30.9 Å². The fraction of sp³-hybridized carbons (Fsp3) is 0.455. The minimum absolute atomic E-state index is 0. The zero-order chi connectivity index (χ0) is 10.8. The van der Waals surface area contributed by atoms with Crippen molar-refractivity contribution in [2.45, 2.75) is 19.3 Å². The first-order valence-electron chi connectivity index (χ1n) is 4.99. The van der Waals surface area contributed by atoms with Gasteiger partial charge in [-0.25, -0.2) is 0 Å². The fourth-order valence-corrected chi connectivity index (χ4v) is 1.89. The zero-order valence-electron chi connectivity index (χ0n) is 10.4. The summed E-state index contributed by atoms with van der Waals surface area (Å²) in [6.45, 7) is 2.26. The molecule has 1 aliphatic carbocycles. The summed E-state index contributed by atoms with van der Waals surface area (Å²) in [5.74, 6) is 0.142. The number of hydrogen-bond acceptors (Lipinski definition) is 3. The number of esters is 1. The molecule has 3 nitrogen and oxygen atoms in total. The molecule has 0 aromatic carbocycles. The van der Waals surface area contributed by atoms with Gasteiger partial charge in [0.25, 0.3) is 0 Å². The van der Waals surface area contributed by atoms with Crippen molar-refractivity contribution in [3.05, 3.63) is 29.0 Å². The molecule has 1 aromatic rings. The van der Waals surface area contributed by atoms with Gasteiger partial charge in [0.05, 0.1) is 17.5 Å². The maximum absolute atomic E-state index is 11.4. The molecule has 0 aliphatic heterocycles. The van der Waals surface area contributed by atoms with Crippen LogP contribution in [0.2, 0.25) is 5.02 Å². The van der Waals surface area contributed by atoms with Gasteiger partial charge < -0.3 is 6.16 Å². The first kappa shape index (κ1) is 14.0. The summed E-state index contributed by atoms with van der Waals surface area (Å²) in [7, 11) is 0. The average molecular weight is 250 g/mol. The van der Waals surface area contributed by atoms with Crippen molar-refractivity contribution in [2.24, 2.45) is 5.92 Å². The Hall–Kier alpha value is -0.0900. The molecular weight excluding hydrogens is 237 g/mol. The van der Waals surface area contributed by atoms with Gasteiger partial charge in [-0.2, -0.15) is 0 Å². The maximum Gasteiger partial charge on any atom is 1.00 e. The Balaban J connectivity index is 0.00000128. The van der Waals surface area contributed by atoms with Crippen LogP contribution in [-0.4, -0.2) is 17.6 Å². The van der Waals surface area contributed by atoms with Crippen LogP contribution in [0.5, 0.6) is 0 Å². The Morgan fingerprint density at radius 2 is 2.44 bits per heavy atom. The number of rotatable bonds is 3. The van der Waals surface area contributed by atoms with Crippen LogP contribution in [-0.2, 0) is 9.53 Å². The quantitative estimate of drug-likeness (QED) is 0.537. The van der Waals surface area contributed by atoms with Crippen LogP contribution in [0, 0.1) is 5.92 Å². The van der Waals surface area contributed by atoms with Crippen LogP contribution in [0.15, 0.2) is 18.5 Å². The standard InChI is InChI=1S/C11H12ClNO2.Na.H/c1-2-15-11(14)10-4-9(10)7-3-8(12)6-13-5-7;;/h3,5-6,9-10H,2,4H2,1H3;;/q;+1;-1/t9-,10+;;/m1../s1. The molecule has 0 radical (unpaired) electrons. The van der Waals surface area contributed by atoms with Crippen LogP contribution in [0.3, 0.4) is 0 Å². The number of aromatic nitrogens is 1. The van der Waals surface area contributed by atoms with Crippen LogP contribution in [0.1, 0.15) is 26.3 Å². The number of carbonyl (C=O) groups is 1. The van der Waals surface area contributed by atoms with Crippen molar-refractivity contribution < 1.29 is 40.5 Å². The summed E-state index contributed by atoms with van der Waals surface area (Å²) in [6, 6.07) is 1.86. The summed E-state index contributed by atoms with van der Waals surface area (Å²) in [4.78, 5) is 15.4. The number of hydrogen-bond donors (Lipinski definition) is 0. The van der Waals surface area contributed by atoms with Crippen LogP contribution >= 0.6 is 11.6 Å². The molecule has 0 spiro atoms. The van der Waals surface area contributed by atoms with E-state index < -0.39 is 0 Å². The van der Waals surface area contributed by atoms with Crippen molar-refractivity contribution in [3.63, 3.8) is 0 Å². The third-order valence-corrected chi connectivity index (χ3v) is 2.74. The Morgan fingerprint density at radius 1 is 1.69 bits per heavy atom. The van der Waals surface area contributed by atoms with Crippen molar-refractivity contribution in [1.82, 2.24) is 4.98 Å². The number of ether oxygens (including phenoxy) is 1. The molecule has 2 atom stereocenters. The molecule has 82 valence electrons. The van der Waals surface area contributed by atoms with Crippen LogP contribution < -0.4 is 29.6 Å². The van der Waals surface area contributed by atoms with Gasteiger partial charge >= 0.3 is 35.5 Å². The molecule has 1 aliphatic rings. The fourth-order valence-electron chi connectivity index (χ4n) is 1.70. The molecule has 2 rings (SSSR count). The molecule has 1 aromatic heterocycles. The average Bonchev–Trinajstić information content (AvgIpc) is 2.97. The third-order valence-electron chi connectivity index (χ3n) is 2.53. The molecule has 0 bridgehead atoms. The number of halogens is 1. The van der Waals surface area contributed by atoms with Crippen LogP contribution in [0.25, 0.3) is 0 Å². The van der Waals surface area contributed by atoms with Gasteiger partial charge in [-0.1, -0.05) is 11.6 Å². The number of pyridine rings is 1. The van der Waals surface area contributed by atoms with E-state index in [4.69, 9.17) is 16.3 Å². The monoisotopic (exact) mass is 249 g/mol. The van der Waals surface area contributed by atoms with Gasteiger partial charge in [-0.3, -0.25) is 9.78 Å². The van der Waals surface area contributed by atoms with E-state index in [1.807, 2.05) is 13.0 Å². The van der Waals surface area contributed by atoms with E-state index in [-0.39, 0.29) is 48.8 Å². The summed E-state index contributed by atoms with van der Waals surface area (Å²) in [5.41, 5.74) is 1.03. The van der Waals surface area contributed by atoms with Crippen molar-refractivity contribution >= 4 is 17.6 Å². The Kier molecular flexibility index (Phi) is 5.25. The van der Waals surface area contributed by atoms with E-state index in [0.29, 0.717) is 11.6 Å². The number of carbonyl (C=O) groups excluding carboxylic acids is 1. The van der Waals surface area contributed by atoms with Crippen molar-refractivity contribution in [2.75, 3.05) is 6.61 Å². The minimum Gasteiger partial charge on any atom is -1.00 e. The Labute approximate surface area is 123 Å². The van der Waals surface area contributed by atoms with Crippen molar-refractivity contribution in [1.29, 1.82) is 0 Å². The maximum atomic E-state index is 11.4. The topological polar surface area (TPSA) is 39.2 Å². The van der Waals surface area contributed by atoms with Crippen LogP contribution in [0.4, 0.5) is 0 Å². The molecular formula is C11H13ClNNaO2. The Morgan fingerprint density at radius 3 is 3.06 bits per heavy atom. The zero-order valence-corrected chi connectivity index (χ0v) is 12.2. The predicted molar refractivity (Wildman–Crippen MR) is 57.8 cm³/mol. The molecule has 16 heavy (non-hydrogen) atoms. The van der Waals surface area contributed by atoms with Gasteiger partial charge in [0.1, 0.15) is 0 Å². The second-order valence-electron chi connectivity index (χ2n) is 3.64. The molecule has 0 N–H and O–H groups in total. The molecule has 1 heterocycles. The van der Waals surface area contributed by atoms with Gasteiger partial charge in [0.15, 0.2) is 0 Å². The normalized spacial score (nSPS) is 22.1. The van der Waals surface area contributed by atoms with E-state index in [1.165, 1.54) is 0 Å².